The van der Waals surface area contributed by atoms with Gasteiger partial charge in [-0.05, 0) is 29.8 Å². The first-order valence-corrected chi connectivity index (χ1v) is 7.93. The van der Waals surface area contributed by atoms with Gasteiger partial charge in [0.05, 0.1) is 23.1 Å². The number of benzene rings is 1. The molecule has 1 heterocycles. The molecule has 0 aliphatic carbocycles. The molecule has 0 aromatic heterocycles. The Hall–Kier alpha value is -2.42. The smallest absolute Gasteiger partial charge is 0.338 e. The molecule has 1 aliphatic heterocycles. The molecule has 0 saturated carbocycles. The number of nitrogens with one attached hydrogen (secondary N) is 1. The molecule has 0 radical (unpaired) electrons. The lowest BCUT2D eigenvalue weighted by molar-refractivity contribution is -0.385. The van der Waals surface area contributed by atoms with E-state index >= 15 is 0 Å². The molecule has 8 nitrogen and oxygen atoms in total. The van der Waals surface area contributed by atoms with Crippen LogP contribution < -0.4 is 5.32 Å². The number of ether oxygens (including phenoxy) is 1. The van der Waals surface area contributed by atoms with Gasteiger partial charge in [0.1, 0.15) is 4.47 Å². The van der Waals surface area contributed by atoms with Crippen LogP contribution in [0.3, 0.4) is 0 Å². The molecule has 1 unspecified atom stereocenters. The van der Waals surface area contributed by atoms with Crippen LogP contribution in [0.15, 0.2) is 33.9 Å². The summed E-state index contributed by atoms with van der Waals surface area (Å²) in [6.07, 6.45) is 0. The van der Waals surface area contributed by atoms with E-state index < -0.39 is 23.0 Å². The summed E-state index contributed by atoms with van der Waals surface area (Å²) in [5.74, 6) is -0.578. The fourth-order valence-electron chi connectivity index (χ4n) is 2.44. The number of nitro benzene ring substituents is 1. The first-order valence-electron chi connectivity index (χ1n) is 7.14. The molecule has 0 saturated heterocycles. The Balaban J connectivity index is 2.62. The monoisotopic (exact) mass is 397 g/mol. The highest BCUT2D eigenvalue weighted by atomic mass is 79.9. The van der Waals surface area contributed by atoms with Crippen LogP contribution in [0.2, 0.25) is 0 Å². The van der Waals surface area contributed by atoms with E-state index in [9.17, 15) is 19.7 Å². The number of esters is 1. The lowest BCUT2D eigenvalue weighted by atomic mass is 9.94. The summed E-state index contributed by atoms with van der Waals surface area (Å²) >= 11 is 3.21. The third-order valence-electron chi connectivity index (χ3n) is 3.77. The molecular weight excluding hydrogens is 382 g/mol. The molecule has 9 heteroatoms. The fraction of sp³-hybridized carbons (Fsp3) is 0.333. The summed E-state index contributed by atoms with van der Waals surface area (Å²) in [6.45, 7) is 3.48. The molecule has 1 aliphatic rings. The number of allylic oxidation sites excluding steroid dienone is 1. The number of carbonyl (C=O) groups excluding carboxylic acids is 2. The SMILES string of the molecule is CCOC(=O)C1=C(C)N(C)C(=O)NC1c1cccc([N+](=O)[O-])c1Br. The maximum absolute atomic E-state index is 12.4. The van der Waals surface area contributed by atoms with E-state index in [2.05, 4.69) is 21.2 Å². The van der Waals surface area contributed by atoms with Crippen LogP contribution in [-0.4, -0.2) is 35.5 Å². The van der Waals surface area contributed by atoms with Crippen molar-refractivity contribution in [3.8, 4) is 0 Å². The fourth-order valence-corrected chi connectivity index (χ4v) is 3.08. The molecule has 24 heavy (non-hydrogen) atoms. The normalized spacial score (nSPS) is 17.6. The molecule has 1 atom stereocenters. The van der Waals surface area contributed by atoms with Gasteiger partial charge in [-0.15, -0.1) is 0 Å². The van der Waals surface area contributed by atoms with Crippen molar-refractivity contribution in [1.29, 1.82) is 0 Å². The second-order valence-corrected chi connectivity index (χ2v) is 5.89. The van der Waals surface area contributed by atoms with Crippen molar-refractivity contribution < 1.29 is 19.2 Å². The Morgan fingerprint density at radius 2 is 2.17 bits per heavy atom. The molecule has 1 N–H and O–H groups in total. The molecule has 1 aromatic rings. The zero-order chi connectivity index (χ0) is 18.0. The zero-order valence-corrected chi connectivity index (χ0v) is 14.9. The van der Waals surface area contributed by atoms with E-state index in [-0.39, 0.29) is 22.3 Å². The van der Waals surface area contributed by atoms with Crippen molar-refractivity contribution in [1.82, 2.24) is 10.2 Å². The summed E-state index contributed by atoms with van der Waals surface area (Å²) < 4.78 is 5.29. The Kier molecular flexibility index (Phi) is 5.23. The number of rotatable bonds is 4. The second-order valence-electron chi connectivity index (χ2n) is 5.10. The van der Waals surface area contributed by atoms with Crippen LogP contribution in [0.1, 0.15) is 25.5 Å². The van der Waals surface area contributed by atoms with Crippen molar-refractivity contribution >= 4 is 33.6 Å². The highest BCUT2D eigenvalue weighted by Crippen LogP contribution is 2.38. The minimum absolute atomic E-state index is 0.151. The third-order valence-corrected chi connectivity index (χ3v) is 4.63. The Morgan fingerprint density at radius 1 is 1.50 bits per heavy atom. The minimum atomic E-state index is -0.845. The Bertz CT molecular complexity index is 747. The summed E-state index contributed by atoms with van der Waals surface area (Å²) in [5, 5.41) is 13.8. The average molecular weight is 398 g/mol. The Morgan fingerprint density at radius 3 is 2.75 bits per heavy atom. The van der Waals surface area contributed by atoms with Crippen LogP contribution in [0.5, 0.6) is 0 Å². The predicted octanol–water partition coefficient (Wildman–Crippen LogP) is 2.89. The van der Waals surface area contributed by atoms with Crippen molar-refractivity contribution in [2.24, 2.45) is 0 Å². The Labute approximate surface area is 146 Å². The van der Waals surface area contributed by atoms with E-state index in [0.717, 1.165) is 0 Å². The maximum Gasteiger partial charge on any atom is 0.338 e. The van der Waals surface area contributed by atoms with Gasteiger partial charge < -0.3 is 15.0 Å². The van der Waals surface area contributed by atoms with Gasteiger partial charge in [0.25, 0.3) is 5.69 Å². The second kappa shape index (κ2) is 7.00. The first-order chi connectivity index (χ1) is 11.3. The van der Waals surface area contributed by atoms with Crippen molar-refractivity contribution in [3.63, 3.8) is 0 Å². The number of hydrogen-bond donors (Lipinski definition) is 1. The summed E-state index contributed by atoms with van der Waals surface area (Å²) in [7, 11) is 1.53. The third kappa shape index (κ3) is 3.12. The van der Waals surface area contributed by atoms with Crippen LogP contribution in [0.4, 0.5) is 10.5 Å². The van der Waals surface area contributed by atoms with Crippen LogP contribution in [0.25, 0.3) is 0 Å². The molecule has 128 valence electrons. The molecule has 2 amide bonds. The van der Waals surface area contributed by atoms with Gasteiger partial charge in [-0.1, -0.05) is 12.1 Å². The van der Waals surface area contributed by atoms with Gasteiger partial charge in [0.2, 0.25) is 0 Å². The quantitative estimate of drug-likeness (QED) is 0.478. The predicted molar refractivity (Wildman–Crippen MR) is 89.2 cm³/mol. The van der Waals surface area contributed by atoms with Crippen LogP contribution >= 0.6 is 15.9 Å². The summed E-state index contributed by atoms with van der Waals surface area (Å²) in [6, 6.07) is 3.19. The number of nitro groups is 1. The maximum atomic E-state index is 12.4. The highest BCUT2D eigenvalue weighted by molar-refractivity contribution is 9.10. The number of nitrogens with zero attached hydrogens (tertiary/aromatic N) is 2. The van der Waals surface area contributed by atoms with E-state index in [1.807, 2.05) is 0 Å². The number of halogens is 1. The van der Waals surface area contributed by atoms with E-state index in [0.29, 0.717) is 11.3 Å². The summed E-state index contributed by atoms with van der Waals surface area (Å²) in [5.41, 5.74) is 0.926. The average Bonchev–Trinajstić information content (AvgIpc) is 2.52. The standard InChI is InChI=1S/C15H16BrN3O5/c1-4-24-14(20)11-8(2)18(3)15(21)17-13(11)9-6-5-7-10(12(9)16)19(22)23/h5-7,13H,4H2,1-3H3,(H,17,21). The number of urea groups is 1. The lowest BCUT2D eigenvalue weighted by Crippen LogP contribution is -2.46. The van der Waals surface area contributed by atoms with E-state index in [1.165, 1.54) is 24.1 Å². The minimum Gasteiger partial charge on any atom is -0.463 e. The lowest BCUT2D eigenvalue weighted by Gasteiger charge is -2.33. The van der Waals surface area contributed by atoms with Crippen molar-refractivity contribution in [2.45, 2.75) is 19.9 Å². The van der Waals surface area contributed by atoms with Crippen LogP contribution in [-0.2, 0) is 9.53 Å². The number of amides is 2. The van der Waals surface area contributed by atoms with Gasteiger partial charge in [0.15, 0.2) is 0 Å². The number of hydrogen-bond acceptors (Lipinski definition) is 5. The van der Waals surface area contributed by atoms with E-state index in [1.54, 1.807) is 19.9 Å². The number of carbonyl (C=O) groups is 2. The van der Waals surface area contributed by atoms with Crippen molar-refractivity contribution in [3.05, 3.63) is 49.6 Å². The molecule has 2 rings (SSSR count). The molecular formula is C15H16BrN3O5. The van der Waals surface area contributed by atoms with E-state index in [4.69, 9.17) is 4.74 Å². The van der Waals surface area contributed by atoms with Crippen LogP contribution in [0, 0.1) is 10.1 Å². The molecule has 0 bridgehead atoms. The van der Waals surface area contributed by atoms with Crippen molar-refractivity contribution in [2.75, 3.05) is 13.7 Å². The van der Waals surface area contributed by atoms with Gasteiger partial charge in [-0.2, -0.15) is 0 Å². The first kappa shape index (κ1) is 17.9. The molecule has 0 spiro atoms. The van der Waals surface area contributed by atoms with Gasteiger partial charge in [-0.25, -0.2) is 9.59 Å². The highest BCUT2D eigenvalue weighted by Gasteiger charge is 2.36. The largest absolute Gasteiger partial charge is 0.463 e. The molecule has 0 fully saturated rings. The topological polar surface area (TPSA) is 102 Å². The zero-order valence-electron chi connectivity index (χ0n) is 13.3. The summed E-state index contributed by atoms with van der Waals surface area (Å²) in [4.78, 5) is 36.4. The van der Waals surface area contributed by atoms with Gasteiger partial charge in [-0.3, -0.25) is 10.1 Å². The van der Waals surface area contributed by atoms with Gasteiger partial charge in [0, 0.05) is 24.4 Å². The molecule has 1 aromatic carbocycles. The van der Waals surface area contributed by atoms with Gasteiger partial charge >= 0.3 is 12.0 Å².